The maximum atomic E-state index is 13.1. The van der Waals surface area contributed by atoms with Crippen LogP contribution < -0.4 is 9.46 Å². The second-order valence-electron chi connectivity index (χ2n) is 6.92. The molecule has 0 bridgehead atoms. The summed E-state index contributed by atoms with van der Waals surface area (Å²) >= 11 is 0. The van der Waals surface area contributed by atoms with Crippen molar-refractivity contribution in [1.29, 1.82) is 0 Å². The summed E-state index contributed by atoms with van der Waals surface area (Å²) in [5.41, 5.74) is 0.273. The van der Waals surface area contributed by atoms with Crippen LogP contribution in [0.3, 0.4) is 0 Å². The number of hydrogen-bond acceptors (Lipinski definition) is 4. The fourth-order valence-corrected chi connectivity index (χ4v) is 4.42. The maximum Gasteiger partial charge on any atom is 0.416 e. The number of ether oxygens (including phenoxy) is 1. The van der Waals surface area contributed by atoms with Crippen LogP contribution in [0.1, 0.15) is 5.56 Å². The predicted molar refractivity (Wildman–Crippen MR) is 116 cm³/mol. The Hall–Kier alpha value is -3.59. The summed E-state index contributed by atoms with van der Waals surface area (Å²) in [5, 5.41) is 1.27. The summed E-state index contributed by atoms with van der Waals surface area (Å²) in [5.74, 6) is 0.261. The SMILES string of the molecule is COc1cc(C(F)(F)F)ccc1-c1cccc2cc(S(=O)(=O)Nc3ccccn3)ccc12. The molecule has 0 atom stereocenters. The van der Waals surface area contributed by atoms with Crippen LogP contribution in [0, 0.1) is 0 Å². The van der Waals surface area contributed by atoms with Crippen molar-refractivity contribution in [3.8, 4) is 16.9 Å². The largest absolute Gasteiger partial charge is 0.496 e. The molecule has 1 heterocycles. The zero-order chi connectivity index (χ0) is 22.9. The summed E-state index contributed by atoms with van der Waals surface area (Å²) in [6.45, 7) is 0. The summed E-state index contributed by atoms with van der Waals surface area (Å²) in [7, 11) is -2.58. The summed E-state index contributed by atoms with van der Waals surface area (Å²) in [4.78, 5) is 4.00. The highest BCUT2D eigenvalue weighted by Crippen LogP contribution is 2.39. The van der Waals surface area contributed by atoms with E-state index in [0.717, 1.165) is 12.1 Å². The number of halogens is 3. The highest BCUT2D eigenvalue weighted by atomic mass is 32.2. The van der Waals surface area contributed by atoms with Crippen LogP contribution in [0.2, 0.25) is 0 Å². The Morgan fingerprint density at radius 3 is 2.41 bits per heavy atom. The van der Waals surface area contributed by atoms with E-state index in [0.29, 0.717) is 21.9 Å². The maximum absolute atomic E-state index is 13.1. The molecule has 9 heteroatoms. The minimum Gasteiger partial charge on any atom is -0.496 e. The van der Waals surface area contributed by atoms with Crippen LogP contribution >= 0.6 is 0 Å². The summed E-state index contributed by atoms with van der Waals surface area (Å²) < 4.78 is 72.4. The normalized spacial score (nSPS) is 12.0. The van der Waals surface area contributed by atoms with Gasteiger partial charge >= 0.3 is 6.18 Å². The van der Waals surface area contributed by atoms with Crippen molar-refractivity contribution in [2.45, 2.75) is 11.1 Å². The van der Waals surface area contributed by atoms with E-state index in [1.165, 1.54) is 37.6 Å². The Labute approximate surface area is 182 Å². The molecule has 0 saturated heterocycles. The van der Waals surface area contributed by atoms with E-state index in [9.17, 15) is 21.6 Å². The number of methoxy groups -OCH3 is 1. The lowest BCUT2D eigenvalue weighted by Gasteiger charge is -2.15. The number of pyridine rings is 1. The van der Waals surface area contributed by atoms with Crippen LogP contribution in [0.5, 0.6) is 5.75 Å². The van der Waals surface area contributed by atoms with E-state index in [1.807, 2.05) is 0 Å². The van der Waals surface area contributed by atoms with Crippen molar-refractivity contribution in [3.63, 3.8) is 0 Å². The van der Waals surface area contributed by atoms with Gasteiger partial charge in [0.15, 0.2) is 0 Å². The van der Waals surface area contributed by atoms with E-state index in [1.54, 1.807) is 36.4 Å². The first kappa shape index (κ1) is 21.6. The molecule has 3 aromatic carbocycles. The molecule has 0 radical (unpaired) electrons. The van der Waals surface area contributed by atoms with E-state index in [-0.39, 0.29) is 16.5 Å². The first-order valence-corrected chi connectivity index (χ1v) is 10.9. The average molecular weight is 458 g/mol. The first-order chi connectivity index (χ1) is 15.2. The topological polar surface area (TPSA) is 68.3 Å². The molecule has 0 saturated carbocycles. The number of sulfonamides is 1. The highest BCUT2D eigenvalue weighted by molar-refractivity contribution is 7.92. The standard InChI is InChI=1S/C23H17F3N2O3S/c1-31-21-14-16(23(24,25)26)8-10-20(21)19-6-4-5-15-13-17(9-11-18(15)19)32(29,30)28-22-7-2-3-12-27-22/h2-14H,1H3,(H,27,28). The Kier molecular flexibility index (Phi) is 5.52. The third-order valence-electron chi connectivity index (χ3n) is 4.89. The second kappa shape index (κ2) is 8.16. The van der Waals surface area contributed by atoms with Gasteiger partial charge in [-0.1, -0.05) is 36.4 Å². The molecule has 0 aliphatic heterocycles. The molecule has 1 N–H and O–H groups in total. The number of benzene rings is 3. The highest BCUT2D eigenvalue weighted by Gasteiger charge is 2.31. The predicted octanol–water partition coefficient (Wildman–Crippen LogP) is 5.73. The van der Waals surface area contributed by atoms with Gasteiger partial charge in [-0.3, -0.25) is 4.72 Å². The Bertz CT molecular complexity index is 1390. The molecule has 164 valence electrons. The third-order valence-corrected chi connectivity index (χ3v) is 6.24. The smallest absolute Gasteiger partial charge is 0.416 e. The van der Waals surface area contributed by atoms with Gasteiger partial charge in [0, 0.05) is 11.8 Å². The minimum absolute atomic E-state index is 0.0344. The Balaban J connectivity index is 1.78. The molecular weight excluding hydrogens is 441 g/mol. The average Bonchev–Trinajstić information content (AvgIpc) is 2.77. The van der Waals surface area contributed by atoms with Crippen LogP contribution in [0.25, 0.3) is 21.9 Å². The van der Waals surface area contributed by atoms with Crippen molar-refractivity contribution in [2.24, 2.45) is 0 Å². The second-order valence-corrected chi connectivity index (χ2v) is 8.60. The summed E-state index contributed by atoms with van der Waals surface area (Å²) in [6.07, 6.45) is -3.02. The van der Waals surface area contributed by atoms with Gasteiger partial charge in [0.1, 0.15) is 11.6 Å². The number of aromatic nitrogens is 1. The van der Waals surface area contributed by atoms with E-state index < -0.39 is 21.8 Å². The quantitative estimate of drug-likeness (QED) is 0.415. The zero-order valence-electron chi connectivity index (χ0n) is 16.7. The molecule has 0 aliphatic carbocycles. The number of nitrogens with one attached hydrogen (secondary N) is 1. The van der Waals surface area contributed by atoms with Crippen molar-refractivity contribution in [3.05, 3.63) is 84.6 Å². The Morgan fingerprint density at radius 1 is 0.906 bits per heavy atom. The lowest BCUT2D eigenvalue weighted by molar-refractivity contribution is -0.137. The van der Waals surface area contributed by atoms with Gasteiger partial charge in [-0.2, -0.15) is 13.2 Å². The first-order valence-electron chi connectivity index (χ1n) is 9.41. The summed E-state index contributed by atoms with van der Waals surface area (Å²) in [6, 6.07) is 17.9. The fraction of sp³-hybridized carbons (Fsp3) is 0.0870. The number of rotatable bonds is 5. The van der Waals surface area contributed by atoms with Crippen LogP contribution in [0.4, 0.5) is 19.0 Å². The molecule has 0 amide bonds. The van der Waals surface area contributed by atoms with Gasteiger partial charge in [0.2, 0.25) is 0 Å². The van der Waals surface area contributed by atoms with E-state index >= 15 is 0 Å². The van der Waals surface area contributed by atoms with Gasteiger partial charge < -0.3 is 4.74 Å². The van der Waals surface area contributed by atoms with E-state index in [4.69, 9.17) is 4.74 Å². The lowest BCUT2D eigenvalue weighted by atomic mass is 9.96. The van der Waals surface area contributed by atoms with Crippen molar-refractivity contribution in [1.82, 2.24) is 4.98 Å². The Morgan fingerprint density at radius 2 is 1.72 bits per heavy atom. The molecule has 0 aliphatic rings. The van der Waals surface area contributed by atoms with Crippen LogP contribution in [-0.2, 0) is 16.2 Å². The number of nitrogens with zero attached hydrogens (tertiary/aromatic N) is 1. The van der Waals surface area contributed by atoms with Gasteiger partial charge in [0.25, 0.3) is 10.0 Å². The van der Waals surface area contributed by atoms with Gasteiger partial charge in [-0.05, 0) is 52.7 Å². The van der Waals surface area contributed by atoms with Crippen molar-refractivity contribution < 1.29 is 26.3 Å². The lowest BCUT2D eigenvalue weighted by Crippen LogP contribution is -2.13. The molecule has 1 aromatic heterocycles. The molecule has 0 spiro atoms. The van der Waals surface area contributed by atoms with Crippen molar-refractivity contribution >= 4 is 26.6 Å². The monoisotopic (exact) mass is 458 g/mol. The molecule has 5 nitrogen and oxygen atoms in total. The fourth-order valence-electron chi connectivity index (χ4n) is 3.37. The number of anilines is 1. The zero-order valence-corrected chi connectivity index (χ0v) is 17.5. The van der Waals surface area contributed by atoms with Crippen molar-refractivity contribution in [2.75, 3.05) is 11.8 Å². The number of hydrogen-bond donors (Lipinski definition) is 1. The molecule has 4 rings (SSSR count). The molecule has 0 unspecified atom stereocenters. The minimum atomic E-state index is -4.49. The number of alkyl halides is 3. The van der Waals surface area contributed by atoms with E-state index in [2.05, 4.69) is 9.71 Å². The molecule has 4 aromatic rings. The van der Waals surface area contributed by atoms with Gasteiger partial charge in [0.05, 0.1) is 17.6 Å². The van der Waals surface area contributed by atoms with Gasteiger partial charge in [-0.25, -0.2) is 13.4 Å². The van der Waals surface area contributed by atoms with Gasteiger partial charge in [-0.15, -0.1) is 0 Å². The van der Waals surface area contributed by atoms with Crippen LogP contribution in [0.15, 0.2) is 83.9 Å². The van der Waals surface area contributed by atoms with Crippen LogP contribution in [-0.4, -0.2) is 20.5 Å². The third kappa shape index (κ3) is 4.24. The number of fused-ring (bicyclic) bond motifs is 1. The molecule has 0 fully saturated rings. The molecule has 32 heavy (non-hydrogen) atoms. The molecular formula is C23H17F3N2O3S.